The predicted molar refractivity (Wildman–Crippen MR) is 93.6 cm³/mol. The molecule has 3 amide bonds. The number of nitrogens with one attached hydrogen (secondary N) is 3. The van der Waals surface area contributed by atoms with E-state index in [2.05, 4.69) is 29.9 Å². The van der Waals surface area contributed by atoms with Crippen LogP contribution in [0.25, 0.3) is 0 Å². The molecule has 24 heavy (non-hydrogen) atoms. The van der Waals surface area contributed by atoms with E-state index in [1.54, 1.807) is 43.4 Å². The van der Waals surface area contributed by atoms with Crippen molar-refractivity contribution in [1.82, 2.24) is 10.4 Å². The fraction of sp³-hybridized carbons (Fsp3) is 0.529. The molecule has 0 bridgehead atoms. The van der Waals surface area contributed by atoms with E-state index in [1.807, 2.05) is 0 Å². The average Bonchev–Trinajstić information content (AvgIpc) is 2.96. The fourth-order valence-electron chi connectivity index (χ4n) is 2.82. The number of ether oxygens (including phenoxy) is 1. The van der Waals surface area contributed by atoms with Crippen LogP contribution in [0.15, 0.2) is 24.3 Å². The summed E-state index contributed by atoms with van der Waals surface area (Å²) >= 11 is 0. The third kappa shape index (κ3) is 4.94. The molecule has 1 aromatic rings. The van der Waals surface area contributed by atoms with Crippen molar-refractivity contribution in [3.63, 3.8) is 0 Å². The summed E-state index contributed by atoms with van der Waals surface area (Å²) in [4.78, 5) is 24.2. The van der Waals surface area contributed by atoms with Crippen molar-refractivity contribution in [3.05, 3.63) is 24.3 Å². The summed E-state index contributed by atoms with van der Waals surface area (Å²) in [7, 11) is 3.45. The molecule has 7 heteroatoms. The first-order chi connectivity index (χ1) is 11.4. The van der Waals surface area contributed by atoms with E-state index in [1.165, 1.54) is 0 Å². The van der Waals surface area contributed by atoms with Crippen LogP contribution in [0.2, 0.25) is 0 Å². The summed E-state index contributed by atoms with van der Waals surface area (Å²) in [5, 5.41) is 7.19. The number of carbonyl (C=O) groups is 2. The zero-order valence-electron chi connectivity index (χ0n) is 14.6. The minimum Gasteiger partial charge on any atom is -0.377 e. The Morgan fingerprint density at radius 1 is 1.21 bits per heavy atom. The molecule has 7 nitrogen and oxygen atoms in total. The van der Waals surface area contributed by atoms with Crippen LogP contribution in [-0.4, -0.2) is 43.8 Å². The molecule has 0 aromatic heterocycles. The summed E-state index contributed by atoms with van der Waals surface area (Å²) in [6.07, 6.45) is 0.690. The van der Waals surface area contributed by atoms with Gasteiger partial charge in [-0.1, -0.05) is 19.9 Å². The molecule has 1 fully saturated rings. The summed E-state index contributed by atoms with van der Waals surface area (Å²) in [6.45, 7) is 4.74. The number of amides is 3. The first-order valence-electron chi connectivity index (χ1n) is 8.14. The number of urea groups is 1. The first kappa shape index (κ1) is 18.2. The Hall–Kier alpha value is -2.12. The van der Waals surface area contributed by atoms with Crippen LogP contribution in [-0.2, 0) is 9.53 Å². The molecule has 1 aliphatic rings. The monoisotopic (exact) mass is 334 g/mol. The van der Waals surface area contributed by atoms with E-state index in [4.69, 9.17) is 4.74 Å². The van der Waals surface area contributed by atoms with Crippen LogP contribution in [0.1, 0.15) is 20.3 Å². The standard InChI is InChI=1S/C17H26N4O3/c1-11(2)15-14(8-9-24-15)16(22)18-12-6-5-7-13(10-12)19-17(23)20-21(3)4/h5-7,10-11,14-15H,8-9H2,1-4H3,(H,18,22)(H2,19,20,23)/t14-,15+/m1/s1. The van der Waals surface area contributed by atoms with E-state index in [9.17, 15) is 9.59 Å². The summed E-state index contributed by atoms with van der Waals surface area (Å²) < 4.78 is 5.67. The van der Waals surface area contributed by atoms with E-state index >= 15 is 0 Å². The quantitative estimate of drug-likeness (QED) is 0.722. The Kier molecular flexibility index (Phi) is 6.16. The molecule has 1 aliphatic heterocycles. The summed E-state index contributed by atoms with van der Waals surface area (Å²) in [5.74, 6) is 0.116. The van der Waals surface area contributed by atoms with Gasteiger partial charge in [0.1, 0.15) is 0 Å². The maximum Gasteiger partial charge on any atom is 0.333 e. The van der Waals surface area contributed by atoms with Crippen LogP contribution < -0.4 is 16.1 Å². The van der Waals surface area contributed by atoms with E-state index in [0.29, 0.717) is 23.9 Å². The van der Waals surface area contributed by atoms with Gasteiger partial charge in [-0.05, 0) is 30.5 Å². The Labute approximate surface area is 142 Å². The van der Waals surface area contributed by atoms with Crippen molar-refractivity contribution in [1.29, 1.82) is 0 Å². The molecule has 1 heterocycles. The summed E-state index contributed by atoms with van der Waals surface area (Å²) in [6, 6.07) is 6.74. The van der Waals surface area contributed by atoms with Gasteiger partial charge in [0.05, 0.1) is 12.0 Å². The maximum absolute atomic E-state index is 12.5. The van der Waals surface area contributed by atoms with Crippen molar-refractivity contribution in [3.8, 4) is 0 Å². The minimum absolute atomic E-state index is 0.0407. The number of rotatable bonds is 5. The van der Waals surface area contributed by atoms with Crippen molar-refractivity contribution >= 4 is 23.3 Å². The molecule has 0 radical (unpaired) electrons. The molecule has 3 N–H and O–H groups in total. The SMILES string of the molecule is CC(C)[C@@H]1OCC[C@H]1C(=O)Nc1cccc(NC(=O)NN(C)C)c1. The van der Waals surface area contributed by atoms with Gasteiger partial charge in [-0.25, -0.2) is 9.80 Å². The first-order valence-corrected chi connectivity index (χ1v) is 8.14. The third-order valence-corrected chi connectivity index (χ3v) is 3.84. The molecule has 1 saturated heterocycles. The van der Waals surface area contributed by atoms with Gasteiger partial charge >= 0.3 is 6.03 Å². The van der Waals surface area contributed by atoms with Crippen molar-refractivity contribution < 1.29 is 14.3 Å². The second-order valence-corrected chi connectivity index (χ2v) is 6.51. The highest BCUT2D eigenvalue weighted by atomic mass is 16.5. The number of benzene rings is 1. The molecule has 0 aliphatic carbocycles. The number of hydrazine groups is 1. The normalized spacial score (nSPS) is 20.2. The lowest BCUT2D eigenvalue weighted by molar-refractivity contribution is -0.122. The average molecular weight is 334 g/mol. The molecule has 0 unspecified atom stereocenters. The van der Waals surface area contributed by atoms with Crippen LogP contribution in [0.3, 0.4) is 0 Å². The topological polar surface area (TPSA) is 82.7 Å². The third-order valence-electron chi connectivity index (χ3n) is 3.84. The van der Waals surface area contributed by atoms with Gasteiger partial charge in [0.15, 0.2) is 0 Å². The van der Waals surface area contributed by atoms with Crippen LogP contribution in [0, 0.1) is 11.8 Å². The number of carbonyl (C=O) groups excluding carboxylic acids is 2. The number of hydrogen-bond donors (Lipinski definition) is 3. The number of nitrogens with zero attached hydrogens (tertiary/aromatic N) is 1. The number of hydrogen-bond acceptors (Lipinski definition) is 4. The highest BCUT2D eigenvalue weighted by Gasteiger charge is 2.35. The lowest BCUT2D eigenvalue weighted by Gasteiger charge is -2.21. The Balaban J connectivity index is 1.99. The second-order valence-electron chi connectivity index (χ2n) is 6.51. The van der Waals surface area contributed by atoms with E-state index in [0.717, 1.165) is 6.42 Å². The molecule has 0 saturated carbocycles. The summed E-state index contributed by atoms with van der Waals surface area (Å²) in [5.41, 5.74) is 3.85. The molecule has 132 valence electrons. The van der Waals surface area contributed by atoms with Crippen molar-refractivity contribution in [2.24, 2.45) is 11.8 Å². The van der Waals surface area contributed by atoms with E-state index < -0.39 is 0 Å². The van der Waals surface area contributed by atoms with Gasteiger partial charge in [0.25, 0.3) is 0 Å². The molecular weight excluding hydrogens is 308 g/mol. The minimum atomic E-state index is -0.340. The zero-order chi connectivity index (χ0) is 17.7. The van der Waals surface area contributed by atoms with Gasteiger partial charge < -0.3 is 15.4 Å². The van der Waals surface area contributed by atoms with Crippen molar-refractivity contribution in [2.75, 3.05) is 31.3 Å². The molecule has 2 atom stereocenters. The van der Waals surface area contributed by atoms with Gasteiger partial charge in [0.2, 0.25) is 5.91 Å². The van der Waals surface area contributed by atoms with Gasteiger partial charge in [-0.15, -0.1) is 0 Å². The predicted octanol–water partition coefficient (Wildman–Crippen LogP) is 2.28. The largest absolute Gasteiger partial charge is 0.377 e. The Bertz CT molecular complexity index is 589. The van der Waals surface area contributed by atoms with Crippen LogP contribution in [0.4, 0.5) is 16.2 Å². The fourth-order valence-corrected chi connectivity index (χ4v) is 2.82. The van der Waals surface area contributed by atoms with Gasteiger partial charge in [-0.3, -0.25) is 10.2 Å². The molecule has 0 spiro atoms. The highest BCUT2D eigenvalue weighted by Crippen LogP contribution is 2.28. The van der Waals surface area contributed by atoms with Crippen LogP contribution in [0.5, 0.6) is 0 Å². The van der Waals surface area contributed by atoms with Gasteiger partial charge in [0, 0.05) is 32.1 Å². The Morgan fingerprint density at radius 2 is 1.88 bits per heavy atom. The molecule has 2 rings (SSSR count). The smallest absolute Gasteiger partial charge is 0.333 e. The Morgan fingerprint density at radius 3 is 2.50 bits per heavy atom. The second kappa shape index (κ2) is 8.12. The lowest BCUT2D eigenvalue weighted by Crippen LogP contribution is -2.39. The van der Waals surface area contributed by atoms with Gasteiger partial charge in [-0.2, -0.15) is 0 Å². The molecular formula is C17H26N4O3. The zero-order valence-corrected chi connectivity index (χ0v) is 14.6. The highest BCUT2D eigenvalue weighted by molar-refractivity contribution is 5.95. The lowest BCUT2D eigenvalue weighted by atomic mass is 9.92. The van der Waals surface area contributed by atoms with Crippen LogP contribution >= 0.6 is 0 Å². The van der Waals surface area contributed by atoms with E-state index in [-0.39, 0.29) is 24.0 Å². The van der Waals surface area contributed by atoms with Crippen molar-refractivity contribution in [2.45, 2.75) is 26.4 Å². The maximum atomic E-state index is 12.5. The molecule has 1 aromatic carbocycles. The number of anilines is 2.